The minimum Gasteiger partial charge on any atom is -0.258 e. The lowest BCUT2D eigenvalue weighted by atomic mass is 10.4. The molecule has 6 nitrogen and oxygen atoms in total. The summed E-state index contributed by atoms with van der Waals surface area (Å²) in [5, 5.41) is 0.550. The number of urea groups is 1. The quantitative estimate of drug-likeness (QED) is 0.347. The van der Waals surface area contributed by atoms with Gasteiger partial charge in [-0.25, -0.2) is 9.69 Å². The molecule has 0 aliphatic carbocycles. The zero-order valence-electron chi connectivity index (χ0n) is 8.91. The van der Waals surface area contributed by atoms with Crippen LogP contribution in [0.4, 0.5) is 15.3 Å². The zero-order valence-corrected chi connectivity index (χ0v) is 9.67. The second kappa shape index (κ2) is 4.50. The first-order valence-corrected chi connectivity index (χ1v) is 5.28. The van der Waals surface area contributed by atoms with E-state index in [1.54, 1.807) is 24.5 Å². The van der Waals surface area contributed by atoms with Crippen LogP contribution in [0.2, 0.25) is 0 Å². The summed E-state index contributed by atoms with van der Waals surface area (Å²) in [4.78, 5) is 27.6. The van der Waals surface area contributed by atoms with Crippen LogP contribution in [-0.2, 0) is 0 Å². The molecule has 1 aromatic rings. The fourth-order valence-electron chi connectivity index (χ4n) is 1.56. The van der Waals surface area contributed by atoms with Gasteiger partial charge in [0.05, 0.1) is 6.54 Å². The summed E-state index contributed by atoms with van der Waals surface area (Å²) < 4.78 is 1.40. The van der Waals surface area contributed by atoms with Gasteiger partial charge in [-0.15, -0.1) is 0 Å². The van der Waals surface area contributed by atoms with Gasteiger partial charge in [-0.05, 0) is 17.7 Å². The monoisotopic (exact) mass is 253 g/mol. The van der Waals surface area contributed by atoms with Gasteiger partial charge < -0.3 is 0 Å². The molecule has 0 unspecified atom stereocenters. The molecule has 0 atom stereocenters. The molecule has 0 saturated carbocycles. The van der Waals surface area contributed by atoms with Crippen LogP contribution in [0.25, 0.3) is 0 Å². The zero-order chi connectivity index (χ0) is 12.4. The minimum absolute atomic E-state index is 0.257. The number of rotatable bonds is 2. The summed E-state index contributed by atoms with van der Waals surface area (Å²) in [6.45, 7) is 4.37. The van der Waals surface area contributed by atoms with Crippen LogP contribution in [-0.4, -0.2) is 50.8 Å². The molecule has 17 heavy (non-hydrogen) atoms. The molecule has 88 valence electrons. The fraction of sp³-hybridized carbons (Fsp3) is 0.200. The Morgan fingerprint density at radius 1 is 1.53 bits per heavy atom. The average molecular weight is 254 g/mol. The van der Waals surface area contributed by atoms with Crippen molar-refractivity contribution < 1.29 is 14.3 Å². The van der Waals surface area contributed by atoms with E-state index in [0.717, 1.165) is 4.90 Å². The number of hydrazone groups is 1. The Kier molecular flexibility index (Phi) is 3.06. The van der Waals surface area contributed by atoms with Crippen molar-refractivity contribution in [3.8, 4) is 0 Å². The maximum Gasteiger partial charge on any atom is 0.381 e. The predicted octanol–water partition coefficient (Wildman–Crippen LogP) is 1.44. The van der Waals surface area contributed by atoms with Crippen LogP contribution in [0.3, 0.4) is 0 Å². The van der Waals surface area contributed by atoms with E-state index in [1.165, 1.54) is 9.69 Å². The summed E-state index contributed by atoms with van der Waals surface area (Å²) in [6.07, 6.45) is 3.20. The van der Waals surface area contributed by atoms with Gasteiger partial charge in [0.2, 0.25) is 0 Å². The lowest BCUT2D eigenvalue weighted by Gasteiger charge is -2.11. The van der Waals surface area contributed by atoms with Crippen LogP contribution < -0.4 is 0 Å². The topological polar surface area (TPSA) is 56.5 Å². The second-order valence-corrected chi connectivity index (χ2v) is 3.74. The van der Waals surface area contributed by atoms with Crippen molar-refractivity contribution in [2.45, 2.75) is 0 Å². The van der Waals surface area contributed by atoms with Crippen LogP contribution in [0.5, 0.6) is 0 Å². The predicted molar refractivity (Wildman–Crippen MR) is 61.3 cm³/mol. The smallest absolute Gasteiger partial charge is 0.258 e. The van der Waals surface area contributed by atoms with E-state index >= 15 is 0 Å². The SMILES string of the molecule is C=[N+](c1cccnc1)N1CCN(C(=O)Cl)C1=O. The van der Waals surface area contributed by atoms with E-state index in [2.05, 4.69) is 11.7 Å². The Labute approximate surface area is 103 Å². The standard InChI is InChI=1S/C10H10ClN4O2/c1-13(8-3-2-4-12-7-8)15-6-5-14(9(11)16)10(15)17/h2-4,7H,1,5-6H2/q+1. The van der Waals surface area contributed by atoms with E-state index in [1.807, 2.05) is 0 Å². The lowest BCUT2D eigenvalue weighted by Crippen LogP contribution is -2.37. The number of hydrogen-bond acceptors (Lipinski definition) is 3. The van der Waals surface area contributed by atoms with E-state index in [-0.39, 0.29) is 6.54 Å². The summed E-state index contributed by atoms with van der Waals surface area (Å²) in [5.74, 6) is 0. The molecule has 0 spiro atoms. The molecular formula is C10H10ClN4O2+. The highest BCUT2D eigenvalue weighted by Crippen LogP contribution is 2.17. The molecule has 2 rings (SSSR count). The maximum absolute atomic E-state index is 11.8. The number of carbonyl (C=O) groups excluding carboxylic acids is 2. The van der Waals surface area contributed by atoms with E-state index in [9.17, 15) is 9.59 Å². The number of pyridine rings is 1. The van der Waals surface area contributed by atoms with Crippen molar-refractivity contribution in [1.82, 2.24) is 14.9 Å². The number of hydrogen-bond donors (Lipinski definition) is 0. The molecule has 1 aliphatic rings. The van der Waals surface area contributed by atoms with Gasteiger partial charge >= 0.3 is 11.4 Å². The highest BCUT2D eigenvalue weighted by atomic mass is 35.5. The normalized spacial score (nSPS) is 15.2. The second-order valence-electron chi connectivity index (χ2n) is 3.42. The van der Waals surface area contributed by atoms with Crippen molar-refractivity contribution in [1.29, 1.82) is 0 Å². The molecule has 0 aromatic carbocycles. The summed E-state index contributed by atoms with van der Waals surface area (Å²) >= 11 is 5.28. The number of aromatic nitrogens is 1. The first-order valence-electron chi connectivity index (χ1n) is 4.90. The van der Waals surface area contributed by atoms with Gasteiger partial charge in [-0.2, -0.15) is 0 Å². The van der Waals surface area contributed by atoms with Gasteiger partial charge in [0, 0.05) is 12.3 Å². The molecule has 1 saturated heterocycles. The van der Waals surface area contributed by atoms with E-state index < -0.39 is 11.4 Å². The van der Waals surface area contributed by atoms with Crippen LogP contribution in [0.1, 0.15) is 0 Å². The van der Waals surface area contributed by atoms with Gasteiger partial charge in [0.15, 0.2) is 6.72 Å². The molecule has 1 fully saturated rings. The third-order valence-electron chi connectivity index (χ3n) is 2.43. The summed E-state index contributed by atoms with van der Waals surface area (Å²) in [6, 6.07) is 3.01. The molecule has 2 heterocycles. The van der Waals surface area contributed by atoms with Crippen LogP contribution in [0, 0.1) is 0 Å². The Bertz CT molecular complexity index is 476. The van der Waals surface area contributed by atoms with Crippen molar-refractivity contribution in [3.05, 3.63) is 24.5 Å². The number of carbonyl (C=O) groups is 2. The molecule has 1 aromatic heterocycles. The number of amides is 3. The van der Waals surface area contributed by atoms with Crippen LogP contribution in [0.15, 0.2) is 24.5 Å². The molecule has 7 heteroatoms. The molecule has 0 radical (unpaired) electrons. The van der Waals surface area contributed by atoms with Gasteiger partial charge in [0.1, 0.15) is 12.7 Å². The first kappa shape index (κ1) is 11.5. The van der Waals surface area contributed by atoms with Crippen molar-refractivity contribution in [3.63, 3.8) is 0 Å². The van der Waals surface area contributed by atoms with E-state index in [0.29, 0.717) is 12.2 Å². The third-order valence-corrected chi connectivity index (χ3v) is 2.64. The minimum atomic E-state index is -0.780. The Morgan fingerprint density at radius 3 is 2.82 bits per heavy atom. The van der Waals surface area contributed by atoms with Gasteiger partial charge in [-0.1, -0.05) is 9.69 Å². The highest BCUT2D eigenvalue weighted by Gasteiger charge is 2.39. The maximum atomic E-state index is 11.8. The Hall–Kier alpha value is -1.95. The van der Waals surface area contributed by atoms with Crippen molar-refractivity contribution in [2.75, 3.05) is 13.1 Å². The fourth-order valence-corrected chi connectivity index (χ4v) is 1.72. The molecule has 0 N–H and O–H groups in total. The summed E-state index contributed by atoms with van der Waals surface area (Å²) in [5.41, 5.74) is 0.657. The van der Waals surface area contributed by atoms with E-state index in [4.69, 9.17) is 11.6 Å². The molecule has 3 amide bonds. The largest absolute Gasteiger partial charge is 0.381 e. The third kappa shape index (κ3) is 2.12. The van der Waals surface area contributed by atoms with Crippen LogP contribution >= 0.6 is 11.6 Å². The summed E-state index contributed by atoms with van der Waals surface area (Å²) in [7, 11) is 0. The lowest BCUT2D eigenvalue weighted by molar-refractivity contribution is -0.588. The molecule has 1 aliphatic heterocycles. The number of nitrogens with zero attached hydrogens (tertiary/aromatic N) is 4. The van der Waals surface area contributed by atoms with Gasteiger partial charge in [0.25, 0.3) is 5.69 Å². The van der Waals surface area contributed by atoms with Crippen molar-refractivity contribution >= 4 is 35.4 Å². The highest BCUT2D eigenvalue weighted by molar-refractivity contribution is 6.64. The number of imide groups is 1. The number of halogens is 1. The van der Waals surface area contributed by atoms with Crippen molar-refractivity contribution in [2.24, 2.45) is 0 Å². The Balaban J connectivity index is 2.18. The van der Waals surface area contributed by atoms with Gasteiger partial charge in [-0.3, -0.25) is 9.78 Å². The average Bonchev–Trinajstić information content (AvgIpc) is 2.71. The number of hydrazine groups is 1. The molecule has 0 bridgehead atoms. The molecular weight excluding hydrogens is 244 g/mol. The first-order chi connectivity index (χ1) is 8.11. The Morgan fingerprint density at radius 2 is 2.29 bits per heavy atom.